The number of sulfonamides is 1. The van der Waals surface area contributed by atoms with Gasteiger partial charge in [0, 0.05) is 17.8 Å². The van der Waals surface area contributed by atoms with Gasteiger partial charge in [0.1, 0.15) is 0 Å². The number of aromatic carboxylic acids is 1. The van der Waals surface area contributed by atoms with Crippen molar-refractivity contribution in [1.29, 1.82) is 0 Å². The molecule has 1 aromatic heterocycles. The van der Waals surface area contributed by atoms with Crippen LogP contribution in [0.3, 0.4) is 0 Å². The lowest BCUT2D eigenvalue weighted by atomic mass is 10.0. The molecule has 0 saturated carbocycles. The summed E-state index contributed by atoms with van der Waals surface area (Å²) in [5.74, 6) is -1.23. The van der Waals surface area contributed by atoms with E-state index in [-0.39, 0.29) is 10.5 Å². The Bertz CT molecular complexity index is 1030. The Hall–Kier alpha value is -2.68. The lowest BCUT2D eigenvalue weighted by Gasteiger charge is -2.17. The van der Waals surface area contributed by atoms with Crippen molar-refractivity contribution in [3.05, 3.63) is 70.4 Å². The average Bonchev–Trinajstić information content (AvgIpc) is 3.12. The molecule has 0 aliphatic carbocycles. The SMILES string of the molecule is NS(=O)(=O)c1cc(C(=O)O)cc(NCc2ccsc2)c1-c1ccccc1. The molecule has 0 aliphatic heterocycles. The van der Waals surface area contributed by atoms with E-state index >= 15 is 0 Å². The van der Waals surface area contributed by atoms with Crippen molar-refractivity contribution in [2.24, 2.45) is 5.14 Å². The first-order valence-corrected chi connectivity index (χ1v) is 10.1. The van der Waals surface area contributed by atoms with Crippen LogP contribution in [0.25, 0.3) is 11.1 Å². The highest BCUT2D eigenvalue weighted by Crippen LogP contribution is 2.35. The van der Waals surface area contributed by atoms with E-state index in [9.17, 15) is 18.3 Å². The predicted molar refractivity (Wildman–Crippen MR) is 102 cm³/mol. The molecule has 0 spiro atoms. The van der Waals surface area contributed by atoms with Gasteiger partial charge in [0.15, 0.2) is 0 Å². The van der Waals surface area contributed by atoms with E-state index in [4.69, 9.17) is 5.14 Å². The standard InChI is InChI=1S/C18H16N2O4S2/c19-26(23,24)16-9-14(18(21)22)8-15(20-10-12-6-7-25-11-12)17(16)13-4-2-1-3-5-13/h1-9,11,20H,10H2,(H,21,22)(H2,19,23,24). The Morgan fingerprint density at radius 2 is 1.88 bits per heavy atom. The Morgan fingerprint density at radius 3 is 2.46 bits per heavy atom. The van der Waals surface area contributed by atoms with Gasteiger partial charge in [-0.05, 0) is 40.1 Å². The van der Waals surface area contributed by atoms with Crippen LogP contribution < -0.4 is 10.5 Å². The van der Waals surface area contributed by atoms with Gasteiger partial charge in [0.2, 0.25) is 10.0 Å². The Morgan fingerprint density at radius 1 is 1.15 bits per heavy atom. The van der Waals surface area contributed by atoms with E-state index < -0.39 is 16.0 Å². The van der Waals surface area contributed by atoms with Crippen LogP contribution >= 0.6 is 11.3 Å². The zero-order chi connectivity index (χ0) is 18.7. The van der Waals surface area contributed by atoms with Crippen LogP contribution in [-0.4, -0.2) is 19.5 Å². The summed E-state index contributed by atoms with van der Waals surface area (Å²) in [4.78, 5) is 11.2. The minimum Gasteiger partial charge on any atom is -0.478 e. The number of carboxylic acids is 1. The van der Waals surface area contributed by atoms with Gasteiger partial charge in [0.05, 0.1) is 10.5 Å². The number of primary sulfonamides is 1. The van der Waals surface area contributed by atoms with Crippen LogP contribution in [0.1, 0.15) is 15.9 Å². The number of hydrogen-bond acceptors (Lipinski definition) is 5. The number of hydrogen-bond donors (Lipinski definition) is 3. The Kier molecular flexibility index (Phi) is 5.08. The summed E-state index contributed by atoms with van der Waals surface area (Å²) >= 11 is 1.54. The molecule has 3 rings (SSSR count). The molecule has 1 heterocycles. The average molecular weight is 388 g/mol. The van der Waals surface area contributed by atoms with Crippen LogP contribution in [0.5, 0.6) is 0 Å². The molecule has 26 heavy (non-hydrogen) atoms. The van der Waals surface area contributed by atoms with E-state index in [1.165, 1.54) is 6.07 Å². The van der Waals surface area contributed by atoms with Crippen molar-refractivity contribution >= 4 is 33.0 Å². The number of rotatable bonds is 6. The molecule has 2 aromatic carbocycles. The summed E-state index contributed by atoms with van der Waals surface area (Å²) in [6.07, 6.45) is 0. The maximum absolute atomic E-state index is 12.1. The van der Waals surface area contributed by atoms with Gasteiger partial charge in [-0.25, -0.2) is 18.4 Å². The maximum atomic E-state index is 12.1. The second-order valence-corrected chi connectivity index (χ2v) is 7.91. The highest BCUT2D eigenvalue weighted by molar-refractivity contribution is 7.89. The molecule has 0 saturated heterocycles. The summed E-state index contributed by atoms with van der Waals surface area (Å²) in [5.41, 5.74) is 2.23. The fourth-order valence-electron chi connectivity index (χ4n) is 2.60. The molecule has 0 amide bonds. The fourth-order valence-corrected chi connectivity index (χ4v) is 4.07. The maximum Gasteiger partial charge on any atom is 0.335 e. The van der Waals surface area contributed by atoms with Crippen molar-refractivity contribution < 1.29 is 18.3 Å². The van der Waals surface area contributed by atoms with Crippen molar-refractivity contribution in [1.82, 2.24) is 0 Å². The van der Waals surface area contributed by atoms with Crippen LogP contribution in [0, 0.1) is 0 Å². The van der Waals surface area contributed by atoms with Crippen LogP contribution in [-0.2, 0) is 16.6 Å². The lowest BCUT2D eigenvalue weighted by molar-refractivity contribution is 0.0696. The van der Waals surface area contributed by atoms with Gasteiger partial charge in [-0.15, -0.1) is 0 Å². The second kappa shape index (κ2) is 7.28. The van der Waals surface area contributed by atoms with Gasteiger partial charge in [-0.2, -0.15) is 11.3 Å². The van der Waals surface area contributed by atoms with E-state index in [2.05, 4.69) is 5.32 Å². The number of anilines is 1. The van der Waals surface area contributed by atoms with Crippen molar-refractivity contribution in [2.75, 3.05) is 5.32 Å². The van der Waals surface area contributed by atoms with E-state index in [0.29, 0.717) is 23.4 Å². The van der Waals surface area contributed by atoms with Gasteiger partial charge < -0.3 is 10.4 Å². The summed E-state index contributed by atoms with van der Waals surface area (Å²) in [6.45, 7) is 0.427. The highest BCUT2D eigenvalue weighted by Gasteiger charge is 2.22. The highest BCUT2D eigenvalue weighted by atomic mass is 32.2. The first-order valence-electron chi connectivity index (χ1n) is 7.61. The Labute approximate surface area is 155 Å². The normalized spacial score (nSPS) is 11.3. The summed E-state index contributed by atoms with van der Waals surface area (Å²) < 4.78 is 24.3. The zero-order valence-electron chi connectivity index (χ0n) is 13.5. The molecular formula is C18H16N2O4S2. The van der Waals surface area contributed by atoms with Crippen molar-refractivity contribution in [3.8, 4) is 11.1 Å². The third kappa shape index (κ3) is 3.93. The molecule has 8 heteroatoms. The number of carbonyl (C=O) groups is 1. The van der Waals surface area contributed by atoms with Crippen molar-refractivity contribution in [2.45, 2.75) is 11.4 Å². The molecule has 134 valence electrons. The first-order chi connectivity index (χ1) is 12.4. The van der Waals surface area contributed by atoms with Crippen LogP contribution in [0.4, 0.5) is 5.69 Å². The first kappa shape index (κ1) is 18.1. The molecule has 0 atom stereocenters. The number of nitrogens with two attached hydrogens (primary N) is 1. The van der Waals surface area contributed by atoms with Gasteiger partial charge >= 0.3 is 5.97 Å². The lowest BCUT2D eigenvalue weighted by Crippen LogP contribution is -2.16. The molecule has 4 N–H and O–H groups in total. The number of carboxylic acid groups (broad SMARTS) is 1. The molecule has 0 radical (unpaired) electrons. The number of benzene rings is 2. The van der Waals surface area contributed by atoms with Crippen molar-refractivity contribution in [3.63, 3.8) is 0 Å². The van der Waals surface area contributed by atoms with Gasteiger partial charge in [-0.1, -0.05) is 30.3 Å². The third-order valence-electron chi connectivity index (χ3n) is 3.78. The minimum absolute atomic E-state index is 0.151. The second-order valence-electron chi connectivity index (χ2n) is 5.60. The zero-order valence-corrected chi connectivity index (χ0v) is 15.2. The Balaban J connectivity index is 2.21. The summed E-state index contributed by atoms with van der Waals surface area (Å²) in [6, 6.07) is 13.3. The molecule has 3 aromatic rings. The molecular weight excluding hydrogens is 372 g/mol. The monoisotopic (exact) mass is 388 g/mol. The minimum atomic E-state index is -4.13. The largest absolute Gasteiger partial charge is 0.478 e. The van der Waals surface area contributed by atoms with Gasteiger partial charge in [-0.3, -0.25) is 0 Å². The van der Waals surface area contributed by atoms with E-state index in [1.54, 1.807) is 35.6 Å². The molecule has 0 unspecified atom stereocenters. The fraction of sp³-hybridized carbons (Fsp3) is 0.0556. The number of nitrogens with one attached hydrogen (secondary N) is 1. The van der Waals surface area contributed by atoms with Crippen LogP contribution in [0.15, 0.2) is 64.2 Å². The smallest absolute Gasteiger partial charge is 0.335 e. The van der Waals surface area contributed by atoms with Crippen LogP contribution in [0.2, 0.25) is 0 Å². The third-order valence-corrected chi connectivity index (χ3v) is 5.45. The summed E-state index contributed by atoms with van der Waals surface area (Å²) in [7, 11) is -4.13. The van der Waals surface area contributed by atoms with E-state index in [0.717, 1.165) is 11.6 Å². The topological polar surface area (TPSA) is 109 Å². The quantitative estimate of drug-likeness (QED) is 0.600. The molecule has 6 nitrogen and oxygen atoms in total. The van der Waals surface area contributed by atoms with E-state index in [1.807, 2.05) is 22.9 Å². The molecule has 0 aliphatic rings. The number of thiophene rings is 1. The predicted octanol–water partition coefficient (Wildman–Crippen LogP) is 3.37. The van der Waals surface area contributed by atoms with Gasteiger partial charge in [0.25, 0.3) is 0 Å². The molecule has 0 fully saturated rings. The summed E-state index contributed by atoms with van der Waals surface area (Å²) in [5, 5.41) is 21.8. The molecule has 0 bridgehead atoms.